The molecule has 0 spiro atoms. The fourth-order valence-electron chi connectivity index (χ4n) is 1.70. The van der Waals surface area contributed by atoms with Crippen LogP contribution in [0.25, 0.3) is 11.0 Å². The summed E-state index contributed by atoms with van der Waals surface area (Å²) in [4.78, 5) is 17.6. The molecule has 2 N–H and O–H groups in total. The van der Waals surface area contributed by atoms with E-state index in [0.29, 0.717) is 11.3 Å². The first-order valence-electron chi connectivity index (χ1n) is 5.48. The monoisotopic (exact) mass is 254 g/mol. The largest absolute Gasteiger partial charge is 0.481 e. The van der Waals surface area contributed by atoms with Gasteiger partial charge in [0, 0.05) is 5.92 Å². The zero-order valence-corrected chi connectivity index (χ0v) is 9.87. The van der Waals surface area contributed by atoms with Gasteiger partial charge in [-0.3, -0.25) is 4.79 Å². The van der Waals surface area contributed by atoms with Crippen molar-refractivity contribution in [2.45, 2.75) is 19.8 Å². The number of benzene rings is 1. The van der Waals surface area contributed by atoms with Gasteiger partial charge in [0.05, 0.1) is 11.4 Å². The van der Waals surface area contributed by atoms with Gasteiger partial charge in [-0.1, -0.05) is 13.8 Å². The van der Waals surface area contributed by atoms with E-state index in [9.17, 15) is 13.6 Å². The van der Waals surface area contributed by atoms with Crippen LogP contribution < -0.4 is 0 Å². The number of hydrogen-bond acceptors (Lipinski definition) is 2. The Morgan fingerprint density at radius 2 is 2.06 bits per heavy atom. The average molecular weight is 254 g/mol. The molecule has 2 aromatic rings. The Hall–Kier alpha value is -1.98. The van der Waals surface area contributed by atoms with Crippen LogP contribution in [0.2, 0.25) is 0 Å². The molecule has 0 fully saturated rings. The van der Waals surface area contributed by atoms with Crippen molar-refractivity contribution in [1.82, 2.24) is 9.97 Å². The van der Waals surface area contributed by atoms with Gasteiger partial charge in [0.1, 0.15) is 11.3 Å². The van der Waals surface area contributed by atoms with E-state index >= 15 is 0 Å². The molecule has 1 heterocycles. The van der Waals surface area contributed by atoms with E-state index in [-0.39, 0.29) is 5.52 Å². The second kappa shape index (κ2) is 4.36. The molecule has 0 bridgehead atoms. The zero-order valence-electron chi connectivity index (χ0n) is 9.87. The number of nitrogens with one attached hydrogen (secondary N) is 1. The summed E-state index contributed by atoms with van der Waals surface area (Å²) >= 11 is 0. The maximum Gasteiger partial charge on any atom is 0.306 e. The third kappa shape index (κ3) is 1.94. The van der Waals surface area contributed by atoms with Gasteiger partial charge in [0.25, 0.3) is 0 Å². The van der Waals surface area contributed by atoms with Crippen LogP contribution in [0.15, 0.2) is 12.1 Å². The summed E-state index contributed by atoms with van der Waals surface area (Å²) in [6.45, 7) is 3.21. The number of imidazole rings is 1. The molecule has 0 aliphatic carbocycles. The lowest BCUT2D eigenvalue weighted by atomic mass is 9.96. The van der Waals surface area contributed by atoms with E-state index in [4.69, 9.17) is 5.11 Å². The highest BCUT2D eigenvalue weighted by Crippen LogP contribution is 2.26. The van der Waals surface area contributed by atoms with Crippen molar-refractivity contribution in [2.75, 3.05) is 0 Å². The molecule has 6 heteroatoms. The number of aliphatic carboxylic acids is 1. The quantitative estimate of drug-likeness (QED) is 0.884. The Morgan fingerprint density at radius 3 is 2.67 bits per heavy atom. The number of aromatic amines is 1. The van der Waals surface area contributed by atoms with Crippen molar-refractivity contribution in [3.05, 3.63) is 29.6 Å². The maximum absolute atomic E-state index is 13.5. The molecular weight excluding hydrogens is 242 g/mol. The number of fused-ring (bicyclic) bond motifs is 1. The van der Waals surface area contributed by atoms with Gasteiger partial charge in [-0.05, 0) is 12.1 Å². The van der Waals surface area contributed by atoms with Gasteiger partial charge >= 0.3 is 5.97 Å². The number of carboxylic acid groups (broad SMARTS) is 1. The van der Waals surface area contributed by atoms with E-state index < -0.39 is 29.4 Å². The highest BCUT2D eigenvalue weighted by atomic mass is 19.2. The van der Waals surface area contributed by atoms with Gasteiger partial charge < -0.3 is 10.1 Å². The standard InChI is InChI=1S/C12H12F2N2O2/c1-5(6(2)12(17)18)11-15-8-4-3-7(13)9(14)10(8)16-11/h3-6H,1-2H3,(H,15,16)(H,17,18). The van der Waals surface area contributed by atoms with Crippen LogP contribution >= 0.6 is 0 Å². The summed E-state index contributed by atoms with van der Waals surface area (Å²) in [5, 5.41) is 8.91. The Bertz CT molecular complexity index is 609. The predicted octanol–water partition coefficient (Wildman–Crippen LogP) is 2.67. The molecular formula is C12H12F2N2O2. The molecule has 0 amide bonds. The highest BCUT2D eigenvalue weighted by Gasteiger charge is 2.24. The topological polar surface area (TPSA) is 66.0 Å². The molecule has 0 saturated heterocycles. The number of carboxylic acids is 1. The van der Waals surface area contributed by atoms with Crippen LogP contribution in [0.5, 0.6) is 0 Å². The van der Waals surface area contributed by atoms with Crippen molar-refractivity contribution in [3.8, 4) is 0 Å². The first-order valence-corrected chi connectivity index (χ1v) is 5.48. The molecule has 1 aromatic carbocycles. The third-order valence-corrected chi connectivity index (χ3v) is 3.13. The van der Waals surface area contributed by atoms with Crippen molar-refractivity contribution in [3.63, 3.8) is 0 Å². The van der Waals surface area contributed by atoms with E-state index in [2.05, 4.69) is 9.97 Å². The minimum absolute atomic E-state index is 0.102. The van der Waals surface area contributed by atoms with E-state index in [1.54, 1.807) is 6.92 Å². The normalized spacial score (nSPS) is 14.7. The highest BCUT2D eigenvalue weighted by molar-refractivity contribution is 5.76. The van der Waals surface area contributed by atoms with Crippen LogP contribution in [0.4, 0.5) is 8.78 Å². The SMILES string of the molecule is CC(C(=O)O)C(C)c1nc2c(F)c(F)ccc2[nH]1. The first-order chi connectivity index (χ1) is 8.41. The Labute approximate surface area is 102 Å². The summed E-state index contributed by atoms with van der Waals surface area (Å²) in [6.07, 6.45) is 0. The molecule has 0 aliphatic heterocycles. The summed E-state index contributed by atoms with van der Waals surface area (Å²) in [6, 6.07) is 2.38. The molecule has 0 radical (unpaired) electrons. The number of H-pyrrole nitrogens is 1. The number of nitrogens with zero attached hydrogens (tertiary/aromatic N) is 1. The molecule has 18 heavy (non-hydrogen) atoms. The molecule has 0 saturated carbocycles. The van der Waals surface area contributed by atoms with Crippen molar-refractivity contribution in [1.29, 1.82) is 0 Å². The Balaban J connectivity index is 2.48. The summed E-state index contributed by atoms with van der Waals surface area (Å²) in [7, 11) is 0. The van der Waals surface area contributed by atoms with Crippen molar-refractivity contribution < 1.29 is 18.7 Å². The van der Waals surface area contributed by atoms with E-state index in [0.717, 1.165) is 6.07 Å². The second-order valence-electron chi connectivity index (χ2n) is 4.30. The maximum atomic E-state index is 13.5. The smallest absolute Gasteiger partial charge is 0.306 e. The Morgan fingerprint density at radius 1 is 1.39 bits per heavy atom. The van der Waals surface area contributed by atoms with Crippen LogP contribution in [0.1, 0.15) is 25.6 Å². The van der Waals surface area contributed by atoms with Crippen molar-refractivity contribution >= 4 is 17.0 Å². The lowest BCUT2D eigenvalue weighted by molar-refractivity contribution is -0.141. The number of rotatable bonds is 3. The first kappa shape index (κ1) is 12.5. The molecule has 96 valence electrons. The zero-order chi connectivity index (χ0) is 13.4. The molecule has 1 aromatic heterocycles. The summed E-state index contributed by atoms with van der Waals surface area (Å²) in [5.41, 5.74) is 0.253. The number of hydrogen-bond donors (Lipinski definition) is 2. The van der Waals surface area contributed by atoms with Crippen LogP contribution in [0, 0.1) is 17.6 Å². The Kier molecular flexibility index (Phi) is 3.02. The van der Waals surface area contributed by atoms with Crippen molar-refractivity contribution in [2.24, 2.45) is 5.92 Å². The van der Waals surface area contributed by atoms with Gasteiger partial charge in [0.2, 0.25) is 0 Å². The fraction of sp³-hybridized carbons (Fsp3) is 0.333. The second-order valence-corrected chi connectivity index (χ2v) is 4.30. The minimum atomic E-state index is -1.02. The van der Waals surface area contributed by atoms with Crippen LogP contribution in [-0.4, -0.2) is 21.0 Å². The van der Waals surface area contributed by atoms with Gasteiger partial charge in [-0.15, -0.1) is 0 Å². The number of halogens is 2. The van der Waals surface area contributed by atoms with E-state index in [1.165, 1.54) is 13.0 Å². The fourth-order valence-corrected chi connectivity index (χ4v) is 1.70. The molecule has 2 atom stereocenters. The third-order valence-electron chi connectivity index (χ3n) is 3.13. The molecule has 2 rings (SSSR count). The number of carbonyl (C=O) groups is 1. The minimum Gasteiger partial charge on any atom is -0.481 e. The molecule has 2 unspecified atom stereocenters. The van der Waals surface area contributed by atoms with Crippen LogP contribution in [0.3, 0.4) is 0 Å². The number of aromatic nitrogens is 2. The van der Waals surface area contributed by atoms with Gasteiger partial charge in [0.15, 0.2) is 11.6 Å². The van der Waals surface area contributed by atoms with Crippen LogP contribution in [-0.2, 0) is 4.79 Å². The van der Waals surface area contributed by atoms with E-state index in [1.807, 2.05) is 0 Å². The van der Waals surface area contributed by atoms with Gasteiger partial charge in [-0.25, -0.2) is 13.8 Å². The summed E-state index contributed by atoms with van der Waals surface area (Å²) in [5.74, 6) is -3.71. The lowest BCUT2D eigenvalue weighted by Gasteiger charge is -2.12. The van der Waals surface area contributed by atoms with Gasteiger partial charge in [-0.2, -0.15) is 0 Å². The lowest BCUT2D eigenvalue weighted by Crippen LogP contribution is -2.17. The summed E-state index contributed by atoms with van der Waals surface area (Å²) < 4.78 is 26.5. The molecule has 0 aliphatic rings. The average Bonchev–Trinajstić information content (AvgIpc) is 2.76. The predicted molar refractivity (Wildman–Crippen MR) is 61.2 cm³/mol. The molecule has 4 nitrogen and oxygen atoms in total.